The number of aromatic carboxylic acids is 1. The van der Waals surface area contributed by atoms with E-state index in [4.69, 9.17) is 5.11 Å². The molecule has 1 aromatic heterocycles. The van der Waals surface area contributed by atoms with E-state index in [0.717, 1.165) is 0 Å². The van der Waals surface area contributed by atoms with Crippen molar-refractivity contribution in [2.75, 3.05) is 7.11 Å². The Morgan fingerprint density at radius 1 is 1.53 bits per heavy atom. The second kappa shape index (κ2) is 5.59. The number of hydrogen-bond acceptors (Lipinski definition) is 5. The predicted octanol–water partition coefficient (Wildman–Crippen LogP) is 0.860. The lowest BCUT2D eigenvalue weighted by atomic mass is 10.1. The first-order valence-electron chi connectivity index (χ1n) is 4.63. The second-order valence-electron chi connectivity index (χ2n) is 3.01. The molecule has 0 aliphatic heterocycles. The Balaban J connectivity index is 2.99. The molecule has 0 atom stereocenters. The fourth-order valence-corrected chi connectivity index (χ4v) is 1.09. The number of nitrogens with one attached hydrogen (secondary N) is 1. The van der Waals surface area contributed by atoms with Crippen LogP contribution in [0.15, 0.2) is 23.4 Å². The zero-order valence-electron chi connectivity index (χ0n) is 9.30. The van der Waals surface area contributed by atoms with Gasteiger partial charge in [0.1, 0.15) is 5.69 Å². The summed E-state index contributed by atoms with van der Waals surface area (Å²) in [6, 6.07) is 2.91. The summed E-state index contributed by atoms with van der Waals surface area (Å²) in [5.41, 5.74) is 2.57. The minimum atomic E-state index is -1.11. The molecule has 0 aromatic carbocycles. The highest BCUT2D eigenvalue weighted by atomic mass is 16.5. The van der Waals surface area contributed by atoms with Gasteiger partial charge in [0.05, 0.1) is 18.4 Å². The smallest absolute Gasteiger partial charge is 0.427 e. The largest absolute Gasteiger partial charge is 0.478 e. The molecule has 0 radical (unpaired) electrons. The van der Waals surface area contributed by atoms with E-state index in [2.05, 4.69) is 20.2 Å². The molecule has 1 rings (SSSR count). The maximum Gasteiger partial charge on any atom is 0.427 e. The number of hydrazone groups is 1. The van der Waals surface area contributed by atoms with E-state index in [1.807, 2.05) is 0 Å². The fraction of sp³-hybridized carbons (Fsp3) is 0.200. The number of nitrogens with zero attached hydrogens (tertiary/aromatic N) is 2. The van der Waals surface area contributed by atoms with Gasteiger partial charge in [0.2, 0.25) is 0 Å². The molecule has 1 aromatic rings. The number of hydrogen-bond donors (Lipinski definition) is 2. The molecule has 2 N–H and O–H groups in total. The molecule has 7 nitrogen and oxygen atoms in total. The topological polar surface area (TPSA) is 101 Å². The SMILES string of the molecule is COC(=O)N/N=C(/C)c1ncccc1C(=O)O. The van der Waals surface area contributed by atoms with E-state index < -0.39 is 12.1 Å². The molecule has 1 heterocycles. The molecule has 0 saturated carbocycles. The highest BCUT2D eigenvalue weighted by Gasteiger charge is 2.13. The molecule has 7 heteroatoms. The van der Waals surface area contributed by atoms with Gasteiger partial charge in [-0.1, -0.05) is 0 Å². The molecule has 90 valence electrons. The van der Waals surface area contributed by atoms with Crippen LogP contribution in [0.3, 0.4) is 0 Å². The molecule has 0 aliphatic rings. The zero-order chi connectivity index (χ0) is 12.8. The first-order chi connectivity index (χ1) is 8.06. The van der Waals surface area contributed by atoms with Crippen LogP contribution in [0.4, 0.5) is 4.79 Å². The predicted molar refractivity (Wildman–Crippen MR) is 58.9 cm³/mol. The van der Waals surface area contributed by atoms with Crippen molar-refractivity contribution >= 4 is 17.8 Å². The van der Waals surface area contributed by atoms with Crippen molar-refractivity contribution in [2.45, 2.75) is 6.92 Å². The van der Waals surface area contributed by atoms with Crippen molar-refractivity contribution in [3.05, 3.63) is 29.6 Å². The van der Waals surface area contributed by atoms with Crippen LogP contribution in [0.2, 0.25) is 0 Å². The highest BCUT2D eigenvalue weighted by Crippen LogP contribution is 2.06. The van der Waals surface area contributed by atoms with Crippen LogP contribution in [-0.2, 0) is 4.74 Å². The number of aromatic nitrogens is 1. The third-order valence-electron chi connectivity index (χ3n) is 1.88. The molecule has 0 saturated heterocycles. The Kier molecular flexibility index (Phi) is 4.15. The normalized spacial score (nSPS) is 10.8. The van der Waals surface area contributed by atoms with Gasteiger partial charge in [0.25, 0.3) is 0 Å². The lowest BCUT2D eigenvalue weighted by Gasteiger charge is -2.04. The Labute approximate surface area is 97.1 Å². The summed E-state index contributed by atoms with van der Waals surface area (Å²) < 4.78 is 4.32. The Morgan fingerprint density at radius 2 is 2.24 bits per heavy atom. The highest BCUT2D eigenvalue weighted by molar-refractivity contribution is 6.05. The van der Waals surface area contributed by atoms with Gasteiger partial charge < -0.3 is 9.84 Å². The lowest BCUT2D eigenvalue weighted by Crippen LogP contribution is -2.20. The number of pyridine rings is 1. The molecular weight excluding hydrogens is 226 g/mol. The molecule has 0 spiro atoms. The van der Waals surface area contributed by atoms with Gasteiger partial charge in [-0.3, -0.25) is 4.98 Å². The summed E-state index contributed by atoms with van der Waals surface area (Å²) in [6.07, 6.45) is 0.705. The van der Waals surface area contributed by atoms with Crippen molar-refractivity contribution < 1.29 is 19.4 Å². The standard InChI is InChI=1S/C10H11N3O4/c1-6(12-13-10(16)17-2)8-7(9(14)15)4-3-5-11-8/h3-5H,1-2H3,(H,13,16)(H,14,15)/b12-6-. The van der Waals surface area contributed by atoms with Gasteiger partial charge in [-0.2, -0.15) is 5.10 Å². The summed E-state index contributed by atoms with van der Waals surface area (Å²) in [5.74, 6) is -1.11. The average molecular weight is 237 g/mol. The quantitative estimate of drug-likeness (QED) is 0.599. The van der Waals surface area contributed by atoms with Crippen molar-refractivity contribution in [1.29, 1.82) is 0 Å². The second-order valence-corrected chi connectivity index (χ2v) is 3.01. The summed E-state index contributed by atoms with van der Waals surface area (Å²) >= 11 is 0. The number of carboxylic acid groups (broad SMARTS) is 1. The molecule has 17 heavy (non-hydrogen) atoms. The third kappa shape index (κ3) is 3.26. The first-order valence-corrected chi connectivity index (χ1v) is 4.63. The molecule has 0 fully saturated rings. The minimum Gasteiger partial charge on any atom is -0.478 e. The van der Waals surface area contributed by atoms with Gasteiger partial charge in [0.15, 0.2) is 0 Å². The van der Waals surface area contributed by atoms with Crippen LogP contribution >= 0.6 is 0 Å². The van der Waals surface area contributed by atoms with Crippen LogP contribution in [0, 0.1) is 0 Å². The van der Waals surface area contributed by atoms with Gasteiger partial charge >= 0.3 is 12.1 Å². The number of carbonyl (C=O) groups is 2. The molecular formula is C10H11N3O4. The molecule has 0 unspecified atom stereocenters. The van der Waals surface area contributed by atoms with Crippen LogP contribution in [0.25, 0.3) is 0 Å². The Morgan fingerprint density at radius 3 is 2.82 bits per heavy atom. The number of rotatable bonds is 3. The monoisotopic (exact) mass is 237 g/mol. The average Bonchev–Trinajstić information content (AvgIpc) is 2.35. The lowest BCUT2D eigenvalue weighted by molar-refractivity contribution is 0.0696. The van der Waals surface area contributed by atoms with E-state index in [0.29, 0.717) is 0 Å². The summed E-state index contributed by atoms with van der Waals surface area (Å²) in [7, 11) is 1.20. The summed E-state index contributed by atoms with van der Waals surface area (Å²) in [4.78, 5) is 25.6. The zero-order valence-corrected chi connectivity index (χ0v) is 9.30. The number of ether oxygens (including phenoxy) is 1. The minimum absolute atomic E-state index is 0.0143. The van der Waals surface area contributed by atoms with Gasteiger partial charge in [-0.05, 0) is 19.1 Å². The molecule has 0 aliphatic carbocycles. The fourth-order valence-electron chi connectivity index (χ4n) is 1.09. The van der Waals surface area contributed by atoms with Crippen molar-refractivity contribution in [3.63, 3.8) is 0 Å². The number of carbonyl (C=O) groups excluding carboxylic acids is 1. The first kappa shape index (κ1) is 12.6. The van der Waals surface area contributed by atoms with E-state index in [9.17, 15) is 9.59 Å². The van der Waals surface area contributed by atoms with Crippen molar-refractivity contribution in [2.24, 2.45) is 5.10 Å². The number of methoxy groups -OCH3 is 1. The van der Waals surface area contributed by atoms with Crippen molar-refractivity contribution in [1.82, 2.24) is 10.4 Å². The number of amides is 1. The summed E-state index contributed by atoms with van der Waals surface area (Å²) in [5, 5.41) is 12.6. The van der Waals surface area contributed by atoms with Crippen LogP contribution < -0.4 is 5.43 Å². The van der Waals surface area contributed by atoms with E-state index in [1.54, 1.807) is 0 Å². The van der Waals surface area contributed by atoms with E-state index in [-0.39, 0.29) is 17.0 Å². The van der Waals surface area contributed by atoms with Crippen LogP contribution in [0.1, 0.15) is 23.0 Å². The summed E-state index contributed by atoms with van der Waals surface area (Å²) in [6.45, 7) is 1.53. The maximum atomic E-state index is 10.9. The van der Waals surface area contributed by atoms with Gasteiger partial charge in [0, 0.05) is 6.20 Å². The van der Waals surface area contributed by atoms with E-state index in [1.165, 1.54) is 32.4 Å². The number of carboxylic acids is 1. The molecule has 0 bridgehead atoms. The van der Waals surface area contributed by atoms with Gasteiger partial charge in [-0.15, -0.1) is 0 Å². The Bertz CT molecular complexity index is 470. The van der Waals surface area contributed by atoms with E-state index >= 15 is 0 Å². The van der Waals surface area contributed by atoms with Gasteiger partial charge in [-0.25, -0.2) is 15.0 Å². The molecule has 1 amide bonds. The van der Waals surface area contributed by atoms with Crippen molar-refractivity contribution in [3.8, 4) is 0 Å². The third-order valence-corrected chi connectivity index (χ3v) is 1.88. The van der Waals surface area contributed by atoms with Crippen LogP contribution in [0.5, 0.6) is 0 Å². The van der Waals surface area contributed by atoms with Crippen LogP contribution in [-0.4, -0.2) is 35.0 Å². The maximum absolute atomic E-state index is 10.9. The Hall–Kier alpha value is -2.44.